The molecule has 1 aliphatic heterocycles. The zero-order valence-corrected chi connectivity index (χ0v) is 12.0. The molecule has 1 aliphatic rings. The van der Waals surface area contributed by atoms with Gasteiger partial charge in [0.1, 0.15) is 5.69 Å². The van der Waals surface area contributed by atoms with Crippen molar-refractivity contribution in [2.45, 2.75) is 26.3 Å². The fourth-order valence-electron chi connectivity index (χ4n) is 2.37. The van der Waals surface area contributed by atoms with E-state index >= 15 is 0 Å². The van der Waals surface area contributed by atoms with Gasteiger partial charge in [-0.25, -0.2) is 14.5 Å². The van der Waals surface area contributed by atoms with Crippen molar-refractivity contribution in [3.05, 3.63) is 16.4 Å². The summed E-state index contributed by atoms with van der Waals surface area (Å²) in [6.07, 6.45) is 0.812. The first-order chi connectivity index (χ1) is 9.58. The van der Waals surface area contributed by atoms with E-state index in [1.807, 2.05) is 13.8 Å². The second-order valence-electron chi connectivity index (χ2n) is 4.70. The number of carboxylic acid groups (broad SMARTS) is 1. The van der Waals surface area contributed by atoms with Gasteiger partial charge in [-0.1, -0.05) is 5.21 Å². The van der Waals surface area contributed by atoms with E-state index in [2.05, 4.69) is 15.3 Å². The SMILES string of the molecule is Cc1nc(C)c(-c2c(C(=O)O)nnn2C2CCOC2)s1. The van der Waals surface area contributed by atoms with Gasteiger partial charge in [0.15, 0.2) is 5.69 Å². The lowest BCUT2D eigenvalue weighted by Gasteiger charge is -2.11. The first-order valence-electron chi connectivity index (χ1n) is 6.28. The van der Waals surface area contributed by atoms with Crippen LogP contribution in [0.2, 0.25) is 0 Å². The summed E-state index contributed by atoms with van der Waals surface area (Å²) in [4.78, 5) is 16.6. The molecule has 0 aliphatic carbocycles. The minimum atomic E-state index is -1.07. The zero-order valence-electron chi connectivity index (χ0n) is 11.2. The van der Waals surface area contributed by atoms with E-state index in [0.29, 0.717) is 18.9 Å². The van der Waals surface area contributed by atoms with Crippen LogP contribution in [-0.4, -0.2) is 44.3 Å². The third-order valence-corrected chi connectivity index (χ3v) is 4.35. The number of aromatic carboxylic acids is 1. The molecule has 3 heterocycles. The summed E-state index contributed by atoms with van der Waals surface area (Å²) in [5.41, 5.74) is 1.32. The molecule has 3 rings (SSSR count). The predicted octanol–water partition coefficient (Wildman–Crippen LogP) is 1.68. The summed E-state index contributed by atoms with van der Waals surface area (Å²) in [5, 5.41) is 18.1. The molecule has 1 saturated heterocycles. The van der Waals surface area contributed by atoms with Crippen LogP contribution in [0, 0.1) is 13.8 Å². The lowest BCUT2D eigenvalue weighted by Crippen LogP contribution is -2.12. The van der Waals surface area contributed by atoms with Crippen LogP contribution >= 0.6 is 11.3 Å². The monoisotopic (exact) mass is 294 g/mol. The molecule has 106 valence electrons. The van der Waals surface area contributed by atoms with E-state index in [1.165, 1.54) is 11.3 Å². The number of thiazole rings is 1. The molecular weight excluding hydrogens is 280 g/mol. The average Bonchev–Trinajstić information content (AvgIpc) is 3.07. The van der Waals surface area contributed by atoms with Gasteiger partial charge >= 0.3 is 5.97 Å². The normalized spacial score (nSPS) is 18.6. The highest BCUT2D eigenvalue weighted by Crippen LogP contribution is 2.34. The second-order valence-corrected chi connectivity index (χ2v) is 5.90. The van der Waals surface area contributed by atoms with Gasteiger partial charge in [0.05, 0.1) is 28.2 Å². The summed E-state index contributed by atoms with van der Waals surface area (Å²) in [6.45, 7) is 4.96. The first-order valence-corrected chi connectivity index (χ1v) is 7.10. The number of hydrogen-bond acceptors (Lipinski definition) is 6. The second kappa shape index (κ2) is 4.95. The Hall–Kier alpha value is -1.80. The van der Waals surface area contributed by atoms with Gasteiger partial charge in [-0.3, -0.25) is 0 Å². The Kier molecular flexibility index (Phi) is 3.27. The molecule has 0 saturated carbocycles. The third kappa shape index (κ3) is 2.10. The summed E-state index contributed by atoms with van der Waals surface area (Å²) < 4.78 is 7.04. The summed E-state index contributed by atoms with van der Waals surface area (Å²) in [7, 11) is 0. The van der Waals surface area contributed by atoms with Crippen molar-refractivity contribution in [1.29, 1.82) is 0 Å². The smallest absolute Gasteiger partial charge is 0.358 e. The van der Waals surface area contributed by atoms with Gasteiger partial charge in [0.25, 0.3) is 0 Å². The Bertz CT molecular complexity index is 658. The van der Waals surface area contributed by atoms with E-state index in [0.717, 1.165) is 22.0 Å². The number of ether oxygens (including phenoxy) is 1. The molecule has 1 unspecified atom stereocenters. The molecule has 7 nitrogen and oxygen atoms in total. The van der Waals surface area contributed by atoms with E-state index < -0.39 is 5.97 Å². The highest BCUT2D eigenvalue weighted by atomic mass is 32.1. The summed E-state index contributed by atoms with van der Waals surface area (Å²) in [5.74, 6) is -1.07. The molecule has 2 aromatic rings. The Morgan fingerprint density at radius 3 is 2.85 bits per heavy atom. The van der Waals surface area contributed by atoms with Crippen LogP contribution in [-0.2, 0) is 4.74 Å². The van der Waals surface area contributed by atoms with E-state index in [4.69, 9.17) is 4.74 Å². The number of hydrogen-bond donors (Lipinski definition) is 1. The van der Waals surface area contributed by atoms with E-state index in [1.54, 1.807) is 4.68 Å². The van der Waals surface area contributed by atoms with E-state index in [9.17, 15) is 9.90 Å². The molecule has 0 bridgehead atoms. The topological polar surface area (TPSA) is 90.1 Å². The van der Waals surface area contributed by atoms with Gasteiger partial charge in [-0.05, 0) is 20.3 Å². The number of rotatable bonds is 3. The predicted molar refractivity (Wildman–Crippen MR) is 72.0 cm³/mol. The van der Waals surface area contributed by atoms with Crippen LogP contribution in [0.1, 0.15) is 33.7 Å². The maximum atomic E-state index is 11.4. The van der Waals surface area contributed by atoms with E-state index in [-0.39, 0.29) is 11.7 Å². The Morgan fingerprint density at radius 2 is 2.30 bits per heavy atom. The molecule has 1 fully saturated rings. The van der Waals surface area contributed by atoms with Gasteiger partial charge in [-0.2, -0.15) is 0 Å². The summed E-state index contributed by atoms with van der Waals surface area (Å²) >= 11 is 1.46. The molecule has 2 aromatic heterocycles. The average molecular weight is 294 g/mol. The number of carbonyl (C=O) groups is 1. The minimum absolute atomic E-state index is 0.0244. The van der Waals surface area contributed by atoms with Crippen molar-refractivity contribution in [2.75, 3.05) is 13.2 Å². The Morgan fingerprint density at radius 1 is 1.50 bits per heavy atom. The number of nitrogens with zero attached hydrogens (tertiary/aromatic N) is 4. The minimum Gasteiger partial charge on any atom is -0.476 e. The quantitative estimate of drug-likeness (QED) is 0.926. The van der Waals surface area contributed by atoms with Crippen molar-refractivity contribution in [2.24, 2.45) is 0 Å². The fraction of sp³-hybridized carbons (Fsp3) is 0.500. The van der Waals surface area contributed by atoms with Gasteiger partial charge in [0, 0.05) is 6.61 Å². The molecule has 0 aromatic carbocycles. The zero-order chi connectivity index (χ0) is 14.3. The molecule has 1 atom stereocenters. The number of carboxylic acids is 1. The van der Waals surface area contributed by atoms with Crippen LogP contribution in [0.4, 0.5) is 0 Å². The molecule has 8 heteroatoms. The van der Waals surface area contributed by atoms with Crippen molar-refractivity contribution in [3.8, 4) is 10.6 Å². The Balaban J connectivity index is 2.17. The fourth-order valence-corrected chi connectivity index (χ4v) is 3.33. The lowest BCUT2D eigenvalue weighted by atomic mass is 10.2. The van der Waals surface area contributed by atoms with Crippen molar-refractivity contribution in [3.63, 3.8) is 0 Å². The van der Waals surface area contributed by atoms with Gasteiger partial charge in [-0.15, -0.1) is 16.4 Å². The van der Waals surface area contributed by atoms with Crippen LogP contribution in [0.5, 0.6) is 0 Å². The van der Waals surface area contributed by atoms with Gasteiger partial charge < -0.3 is 9.84 Å². The van der Waals surface area contributed by atoms with Crippen molar-refractivity contribution >= 4 is 17.3 Å². The van der Waals surface area contributed by atoms with Crippen LogP contribution in [0.25, 0.3) is 10.6 Å². The molecule has 1 N–H and O–H groups in total. The first kappa shape index (κ1) is 13.2. The standard InChI is InChI=1S/C12H14N4O3S/c1-6-11(20-7(2)13-6)10-9(12(17)18)14-15-16(10)8-3-4-19-5-8/h8H,3-5H2,1-2H3,(H,17,18). The maximum Gasteiger partial charge on any atom is 0.358 e. The summed E-state index contributed by atoms with van der Waals surface area (Å²) in [6, 6.07) is 0.0346. The van der Waals surface area contributed by atoms with Crippen molar-refractivity contribution in [1.82, 2.24) is 20.0 Å². The number of aromatic nitrogens is 4. The molecule has 0 spiro atoms. The third-order valence-electron chi connectivity index (χ3n) is 3.27. The highest BCUT2D eigenvalue weighted by molar-refractivity contribution is 7.15. The van der Waals surface area contributed by atoms with Crippen LogP contribution < -0.4 is 0 Å². The molecular formula is C12H14N4O3S. The lowest BCUT2D eigenvalue weighted by molar-refractivity contribution is 0.0691. The van der Waals surface area contributed by atoms with Crippen molar-refractivity contribution < 1.29 is 14.6 Å². The Labute approximate surface area is 119 Å². The molecule has 0 amide bonds. The highest BCUT2D eigenvalue weighted by Gasteiger charge is 2.29. The largest absolute Gasteiger partial charge is 0.476 e. The maximum absolute atomic E-state index is 11.4. The van der Waals surface area contributed by atoms with Gasteiger partial charge in [0.2, 0.25) is 0 Å². The molecule has 0 radical (unpaired) electrons. The van der Waals surface area contributed by atoms with Crippen LogP contribution in [0.15, 0.2) is 0 Å². The molecule has 20 heavy (non-hydrogen) atoms. The van der Waals surface area contributed by atoms with Crippen LogP contribution in [0.3, 0.4) is 0 Å². The number of aryl methyl sites for hydroxylation is 2.